The van der Waals surface area contributed by atoms with Crippen molar-refractivity contribution in [1.82, 2.24) is 20.0 Å². The summed E-state index contributed by atoms with van der Waals surface area (Å²) in [5, 5.41) is 7.48. The Morgan fingerprint density at radius 2 is 1.96 bits per heavy atom. The zero-order valence-corrected chi connectivity index (χ0v) is 15.0. The van der Waals surface area contributed by atoms with E-state index in [4.69, 9.17) is 11.6 Å². The van der Waals surface area contributed by atoms with E-state index in [0.29, 0.717) is 54.8 Å². The highest BCUT2D eigenvalue weighted by Crippen LogP contribution is 2.25. The number of hydrogen-bond donors (Lipinski definition) is 1. The quantitative estimate of drug-likeness (QED) is 0.912. The molecule has 0 radical (unpaired) electrons. The predicted molar refractivity (Wildman–Crippen MR) is 89.5 cm³/mol. The number of carbonyl (C=O) groups excluding carboxylic acids is 2. The zero-order valence-electron chi connectivity index (χ0n) is 14.2. The van der Waals surface area contributed by atoms with E-state index in [-0.39, 0.29) is 17.7 Å². The second-order valence-electron chi connectivity index (χ2n) is 6.51. The van der Waals surface area contributed by atoms with Crippen molar-refractivity contribution >= 4 is 23.4 Å². The fourth-order valence-corrected chi connectivity index (χ4v) is 3.29. The highest BCUT2D eigenvalue weighted by molar-refractivity contribution is 6.33. The van der Waals surface area contributed by atoms with Gasteiger partial charge >= 0.3 is 0 Å². The van der Waals surface area contributed by atoms with Crippen LogP contribution in [-0.4, -0.2) is 46.6 Å². The Balaban J connectivity index is 2.10. The topological polar surface area (TPSA) is 67.2 Å². The van der Waals surface area contributed by atoms with Crippen molar-refractivity contribution in [1.29, 1.82) is 0 Å². The lowest BCUT2D eigenvalue weighted by atomic mass is 9.95. The molecular formula is C16H25ClN4O2. The van der Waals surface area contributed by atoms with Gasteiger partial charge in [-0.1, -0.05) is 25.4 Å². The van der Waals surface area contributed by atoms with Crippen LogP contribution in [-0.2, 0) is 11.3 Å². The maximum absolute atomic E-state index is 12.8. The number of amides is 2. The summed E-state index contributed by atoms with van der Waals surface area (Å²) in [6, 6.07) is 0. The minimum absolute atomic E-state index is 0.00992. The lowest BCUT2D eigenvalue weighted by Crippen LogP contribution is -2.42. The molecule has 0 aromatic carbocycles. The monoisotopic (exact) mass is 340 g/mol. The van der Waals surface area contributed by atoms with Crippen LogP contribution in [0.3, 0.4) is 0 Å². The Hall–Kier alpha value is -1.56. The molecule has 7 heteroatoms. The third kappa shape index (κ3) is 3.86. The van der Waals surface area contributed by atoms with Crippen molar-refractivity contribution < 1.29 is 9.59 Å². The van der Waals surface area contributed by atoms with Gasteiger partial charge in [0.05, 0.1) is 11.3 Å². The highest BCUT2D eigenvalue weighted by atomic mass is 35.5. The summed E-state index contributed by atoms with van der Waals surface area (Å²) in [4.78, 5) is 26.2. The zero-order chi connectivity index (χ0) is 17.1. The molecular weight excluding hydrogens is 316 g/mol. The number of halogens is 1. The largest absolute Gasteiger partial charge is 0.359 e. The molecule has 6 nitrogen and oxygen atoms in total. The first-order valence-electron chi connectivity index (χ1n) is 8.08. The van der Waals surface area contributed by atoms with E-state index in [0.717, 1.165) is 0 Å². The number of carbonyl (C=O) groups is 2. The summed E-state index contributed by atoms with van der Waals surface area (Å²) in [6.45, 7) is 7.81. The van der Waals surface area contributed by atoms with Gasteiger partial charge in [0.1, 0.15) is 5.15 Å². The van der Waals surface area contributed by atoms with Crippen molar-refractivity contribution in [3.63, 3.8) is 0 Å². The number of aryl methyl sites for hydroxylation is 1. The van der Waals surface area contributed by atoms with Gasteiger partial charge in [-0.05, 0) is 25.7 Å². The van der Waals surface area contributed by atoms with E-state index in [1.54, 1.807) is 16.6 Å². The van der Waals surface area contributed by atoms with E-state index < -0.39 is 0 Å². The van der Waals surface area contributed by atoms with Gasteiger partial charge in [0, 0.05) is 32.6 Å². The van der Waals surface area contributed by atoms with Crippen LogP contribution in [0.1, 0.15) is 42.7 Å². The Morgan fingerprint density at radius 1 is 1.35 bits per heavy atom. The number of aromatic nitrogens is 2. The standard InChI is InChI=1S/C16H25ClN4O2/c1-10(2)9-21-14(17)13(11(3)19-21)16(23)20-7-5-12(6-8-20)15(22)18-4/h10,12H,5-9H2,1-4H3,(H,18,22). The summed E-state index contributed by atoms with van der Waals surface area (Å²) in [5.74, 6) is 0.358. The number of likely N-dealkylation sites (tertiary alicyclic amines) is 1. The summed E-state index contributed by atoms with van der Waals surface area (Å²) in [7, 11) is 1.64. The van der Waals surface area contributed by atoms with Gasteiger partial charge < -0.3 is 10.2 Å². The third-order valence-electron chi connectivity index (χ3n) is 4.22. The average Bonchev–Trinajstić information content (AvgIpc) is 2.79. The molecule has 128 valence electrons. The van der Waals surface area contributed by atoms with Gasteiger partial charge in [-0.25, -0.2) is 0 Å². The molecule has 1 saturated heterocycles. The van der Waals surface area contributed by atoms with Gasteiger partial charge in [0.25, 0.3) is 5.91 Å². The summed E-state index contributed by atoms with van der Waals surface area (Å²) in [6.07, 6.45) is 1.37. The Bertz CT molecular complexity index is 589. The summed E-state index contributed by atoms with van der Waals surface area (Å²) in [5.41, 5.74) is 1.15. The van der Waals surface area contributed by atoms with E-state index in [1.165, 1.54) is 0 Å². The van der Waals surface area contributed by atoms with Crippen LogP contribution in [0.4, 0.5) is 0 Å². The van der Waals surface area contributed by atoms with E-state index in [1.807, 2.05) is 6.92 Å². The molecule has 1 aromatic heterocycles. The van der Waals surface area contributed by atoms with Crippen LogP contribution in [0, 0.1) is 18.8 Å². The molecule has 0 aliphatic carbocycles. The number of piperidine rings is 1. The summed E-state index contributed by atoms with van der Waals surface area (Å²) < 4.78 is 1.70. The van der Waals surface area contributed by atoms with Crippen molar-refractivity contribution in [2.75, 3.05) is 20.1 Å². The van der Waals surface area contributed by atoms with Crippen molar-refractivity contribution in [3.05, 3.63) is 16.4 Å². The molecule has 0 saturated carbocycles. The molecule has 0 unspecified atom stereocenters. The van der Waals surface area contributed by atoms with Crippen molar-refractivity contribution in [2.45, 2.75) is 40.2 Å². The molecule has 1 fully saturated rings. The molecule has 2 rings (SSSR count). The second kappa shape index (κ2) is 7.34. The van der Waals surface area contributed by atoms with Gasteiger partial charge in [-0.15, -0.1) is 0 Å². The van der Waals surface area contributed by atoms with Crippen LogP contribution in [0.15, 0.2) is 0 Å². The molecule has 23 heavy (non-hydrogen) atoms. The van der Waals surface area contributed by atoms with Gasteiger partial charge in [-0.3, -0.25) is 14.3 Å². The molecule has 2 heterocycles. The molecule has 0 spiro atoms. The Morgan fingerprint density at radius 3 is 2.48 bits per heavy atom. The molecule has 0 atom stereocenters. The number of nitrogens with zero attached hydrogens (tertiary/aromatic N) is 3. The predicted octanol–water partition coefficient (Wildman–Crippen LogP) is 2.10. The molecule has 1 aromatic rings. The fourth-order valence-electron chi connectivity index (χ4n) is 2.97. The van der Waals surface area contributed by atoms with E-state index >= 15 is 0 Å². The smallest absolute Gasteiger partial charge is 0.258 e. The van der Waals surface area contributed by atoms with Crippen LogP contribution in [0.25, 0.3) is 0 Å². The van der Waals surface area contributed by atoms with Crippen LogP contribution in [0.2, 0.25) is 5.15 Å². The Labute approximate surface area is 142 Å². The van der Waals surface area contributed by atoms with Crippen LogP contribution < -0.4 is 5.32 Å². The SMILES string of the molecule is CNC(=O)C1CCN(C(=O)c2c(C)nn(CC(C)C)c2Cl)CC1. The van der Waals surface area contributed by atoms with Crippen LogP contribution in [0.5, 0.6) is 0 Å². The van der Waals surface area contributed by atoms with Gasteiger partial charge in [-0.2, -0.15) is 5.10 Å². The first-order chi connectivity index (χ1) is 10.8. The minimum atomic E-state index is -0.0853. The first-order valence-corrected chi connectivity index (χ1v) is 8.46. The average molecular weight is 341 g/mol. The highest BCUT2D eigenvalue weighted by Gasteiger charge is 2.30. The molecule has 2 amide bonds. The number of hydrogen-bond acceptors (Lipinski definition) is 3. The number of rotatable bonds is 4. The molecule has 0 bridgehead atoms. The molecule has 1 N–H and O–H groups in total. The van der Waals surface area contributed by atoms with Gasteiger partial charge in [0.15, 0.2) is 0 Å². The lowest BCUT2D eigenvalue weighted by Gasteiger charge is -2.31. The Kier molecular flexibility index (Phi) is 5.68. The maximum atomic E-state index is 12.8. The van der Waals surface area contributed by atoms with Gasteiger partial charge in [0.2, 0.25) is 5.91 Å². The first kappa shape index (κ1) is 17.8. The third-order valence-corrected chi connectivity index (χ3v) is 4.60. The minimum Gasteiger partial charge on any atom is -0.359 e. The summed E-state index contributed by atoms with van der Waals surface area (Å²) >= 11 is 6.38. The van der Waals surface area contributed by atoms with Crippen LogP contribution >= 0.6 is 11.6 Å². The normalized spacial score (nSPS) is 16.0. The fraction of sp³-hybridized carbons (Fsp3) is 0.688. The maximum Gasteiger partial charge on any atom is 0.258 e. The van der Waals surface area contributed by atoms with Crippen molar-refractivity contribution in [3.8, 4) is 0 Å². The lowest BCUT2D eigenvalue weighted by molar-refractivity contribution is -0.125. The van der Waals surface area contributed by atoms with E-state index in [9.17, 15) is 9.59 Å². The number of nitrogens with one attached hydrogen (secondary N) is 1. The molecule has 1 aliphatic rings. The second-order valence-corrected chi connectivity index (χ2v) is 6.87. The molecule has 1 aliphatic heterocycles. The van der Waals surface area contributed by atoms with Crippen molar-refractivity contribution in [2.24, 2.45) is 11.8 Å². The van der Waals surface area contributed by atoms with E-state index in [2.05, 4.69) is 24.3 Å².